The van der Waals surface area contributed by atoms with Crippen molar-refractivity contribution in [3.05, 3.63) is 46.5 Å². The maximum Gasteiger partial charge on any atom is 0.0424 e. The van der Waals surface area contributed by atoms with Gasteiger partial charge in [-0.2, -0.15) is 0 Å². The highest BCUT2D eigenvalue weighted by Crippen LogP contribution is 2.26. The second-order valence-corrected chi connectivity index (χ2v) is 4.95. The largest absolute Gasteiger partial charge is 0.310 e. The zero-order valence-corrected chi connectivity index (χ0v) is 11.7. The summed E-state index contributed by atoms with van der Waals surface area (Å²) >= 11 is 12.1. The van der Waals surface area contributed by atoms with Crippen LogP contribution in [0.2, 0.25) is 10.0 Å². The van der Waals surface area contributed by atoms with Crippen molar-refractivity contribution in [2.75, 3.05) is 6.54 Å². The first-order valence-electron chi connectivity index (χ1n) is 5.97. The van der Waals surface area contributed by atoms with Crippen LogP contribution in [0.3, 0.4) is 0 Å². The summed E-state index contributed by atoms with van der Waals surface area (Å²) in [4.78, 5) is 0. The van der Waals surface area contributed by atoms with Crippen molar-refractivity contribution < 1.29 is 0 Å². The summed E-state index contributed by atoms with van der Waals surface area (Å²) in [7, 11) is 0. The molecule has 0 saturated carbocycles. The summed E-state index contributed by atoms with van der Waals surface area (Å²) in [6.07, 6.45) is 5.04. The van der Waals surface area contributed by atoms with Gasteiger partial charge in [0.15, 0.2) is 0 Å². The summed E-state index contributed by atoms with van der Waals surface area (Å²) in [5.74, 6) is 0. The van der Waals surface area contributed by atoms with Crippen LogP contribution in [0.5, 0.6) is 0 Å². The second kappa shape index (κ2) is 7.75. The van der Waals surface area contributed by atoms with Crippen molar-refractivity contribution in [1.82, 2.24) is 5.32 Å². The van der Waals surface area contributed by atoms with Crippen LogP contribution in [0, 0.1) is 0 Å². The standard InChI is InChI=1S/C14H19Cl2N/c1-3-5-6-14(17-7-4-2)11-8-12(15)10-13(16)9-11/h3,8-10,14,17H,1,4-7H2,2H3. The molecule has 1 aromatic rings. The molecular formula is C14H19Cl2N. The van der Waals surface area contributed by atoms with E-state index in [0.29, 0.717) is 16.1 Å². The van der Waals surface area contributed by atoms with Gasteiger partial charge in [-0.25, -0.2) is 0 Å². The van der Waals surface area contributed by atoms with E-state index in [2.05, 4.69) is 18.8 Å². The van der Waals surface area contributed by atoms with Gasteiger partial charge in [0.05, 0.1) is 0 Å². The first-order valence-corrected chi connectivity index (χ1v) is 6.73. The van der Waals surface area contributed by atoms with Crippen LogP contribution in [0.15, 0.2) is 30.9 Å². The summed E-state index contributed by atoms with van der Waals surface area (Å²) in [5, 5.41) is 4.89. The Morgan fingerprint density at radius 1 is 1.29 bits per heavy atom. The third-order valence-electron chi connectivity index (χ3n) is 2.59. The van der Waals surface area contributed by atoms with E-state index in [0.717, 1.165) is 31.4 Å². The van der Waals surface area contributed by atoms with Gasteiger partial charge in [-0.05, 0) is 49.6 Å². The third-order valence-corrected chi connectivity index (χ3v) is 3.02. The van der Waals surface area contributed by atoms with Gasteiger partial charge in [-0.15, -0.1) is 6.58 Å². The van der Waals surface area contributed by atoms with Crippen molar-refractivity contribution in [3.8, 4) is 0 Å². The van der Waals surface area contributed by atoms with Crippen molar-refractivity contribution in [3.63, 3.8) is 0 Å². The molecule has 17 heavy (non-hydrogen) atoms. The lowest BCUT2D eigenvalue weighted by molar-refractivity contribution is 0.503. The van der Waals surface area contributed by atoms with E-state index in [1.54, 1.807) is 6.07 Å². The van der Waals surface area contributed by atoms with E-state index in [1.807, 2.05) is 18.2 Å². The van der Waals surface area contributed by atoms with E-state index >= 15 is 0 Å². The molecule has 1 atom stereocenters. The predicted octanol–water partition coefficient (Wildman–Crippen LogP) is 5.00. The highest BCUT2D eigenvalue weighted by Gasteiger charge is 2.11. The monoisotopic (exact) mass is 271 g/mol. The lowest BCUT2D eigenvalue weighted by atomic mass is 10.0. The minimum absolute atomic E-state index is 0.296. The van der Waals surface area contributed by atoms with E-state index < -0.39 is 0 Å². The van der Waals surface area contributed by atoms with Crippen molar-refractivity contribution in [2.45, 2.75) is 32.2 Å². The molecule has 1 rings (SSSR count). The first-order chi connectivity index (χ1) is 8.17. The SMILES string of the molecule is C=CCCC(NCCC)c1cc(Cl)cc(Cl)c1. The van der Waals surface area contributed by atoms with E-state index in [4.69, 9.17) is 23.2 Å². The lowest BCUT2D eigenvalue weighted by Gasteiger charge is -2.19. The summed E-state index contributed by atoms with van der Waals surface area (Å²) in [6, 6.07) is 6.01. The van der Waals surface area contributed by atoms with Gasteiger partial charge in [0, 0.05) is 16.1 Å². The number of hydrogen-bond donors (Lipinski definition) is 1. The van der Waals surface area contributed by atoms with Gasteiger partial charge in [0.1, 0.15) is 0 Å². The number of hydrogen-bond acceptors (Lipinski definition) is 1. The van der Waals surface area contributed by atoms with Crippen LogP contribution in [0.1, 0.15) is 37.8 Å². The maximum absolute atomic E-state index is 6.03. The van der Waals surface area contributed by atoms with Crippen molar-refractivity contribution in [2.24, 2.45) is 0 Å². The maximum atomic E-state index is 6.03. The zero-order valence-electron chi connectivity index (χ0n) is 10.2. The molecule has 0 aliphatic carbocycles. The molecule has 0 spiro atoms. The number of allylic oxidation sites excluding steroid dienone is 1. The Balaban J connectivity index is 2.82. The molecule has 1 unspecified atom stereocenters. The van der Waals surface area contributed by atoms with Gasteiger partial charge < -0.3 is 5.32 Å². The summed E-state index contributed by atoms with van der Waals surface area (Å²) < 4.78 is 0. The molecule has 0 radical (unpaired) electrons. The molecule has 3 heteroatoms. The minimum Gasteiger partial charge on any atom is -0.310 e. The Kier molecular flexibility index (Phi) is 6.64. The van der Waals surface area contributed by atoms with Crippen LogP contribution < -0.4 is 5.32 Å². The molecule has 1 aromatic carbocycles. The van der Waals surface area contributed by atoms with E-state index in [-0.39, 0.29) is 0 Å². The fraction of sp³-hybridized carbons (Fsp3) is 0.429. The molecule has 0 fully saturated rings. The number of benzene rings is 1. The Morgan fingerprint density at radius 3 is 2.47 bits per heavy atom. The van der Waals surface area contributed by atoms with Crippen LogP contribution in [-0.4, -0.2) is 6.54 Å². The molecule has 1 nitrogen and oxygen atoms in total. The Morgan fingerprint density at radius 2 is 1.94 bits per heavy atom. The zero-order chi connectivity index (χ0) is 12.7. The molecule has 0 aromatic heterocycles. The Hall–Kier alpha value is -0.500. The molecule has 94 valence electrons. The van der Waals surface area contributed by atoms with Crippen molar-refractivity contribution >= 4 is 23.2 Å². The third kappa shape index (κ3) is 5.12. The van der Waals surface area contributed by atoms with Gasteiger partial charge >= 0.3 is 0 Å². The van der Waals surface area contributed by atoms with Crippen LogP contribution in [0.25, 0.3) is 0 Å². The highest BCUT2D eigenvalue weighted by molar-refractivity contribution is 6.34. The average Bonchev–Trinajstić information content (AvgIpc) is 2.28. The quantitative estimate of drug-likeness (QED) is 0.689. The van der Waals surface area contributed by atoms with Gasteiger partial charge in [0.25, 0.3) is 0 Å². The molecule has 0 amide bonds. The van der Waals surface area contributed by atoms with Crippen LogP contribution >= 0.6 is 23.2 Å². The minimum atomic E-state index is 0.296. The lowest BCUT2D eigenvalue weighted by Crippen LogP contribution is -2.22. The van der Waals surface area contributed by atoms with E-state index in [1.165, 1.54) is 0 Å². The second-order valence-electron chi connectivity index (χ2n) is 4.08. The number of halogens is 2. The number of rotatable bonds is 7. The van der Waals surface area contributed by atoms with Gasteiger partial charge in [-0.1, -0.05) is 36.2 Å². The molecular weight excluding hydrogens is 253 g/mol. The van der Waals surface area contributed by atoms with Crippen LogP contribution in [-0.2, 0) is 0 Å². The first kappa shape index (κ1) is 14.6. The molecule has 0 aliphatic rings. The molecule has 1 N–H and O–H groups in total. The highest BCUT2D eigenvalue weighted by atomic mass is 35.5. The average molecular weight is 272 g/mol. The predicted molar refractivity (Wildman–Crippen MR) is 76.9 cm³/mol. The molecule has 0 aliphatic heterocycles. The molecule has 0 heterocycles. The van der Waals surface area contributed by atoms with Gasteiger partial charge in [0.2, 0.25) is 0 Å². The molecule has 0 bridgehead atoms. The Bertz CT molecular complexity index is 343. The smallest absolute Gasteiger partial charge is 0.0424 e. The normalized spacial score (nSPS) is 12.4. The fourth-order valence-corrected chi connectivity index (χ4v) is 2.31. The summed E-state index contributed by atoms with van der Waals surface area (Å²) in [6.45, 7) is 6.91. The van der Waals surface area contributed by atoms with E-state index in [9.17, 15) is 0 Å². The summed E-state index contributed by atoms with van der Waals surface area (Å²) in [5.41, 5.74) is 1.15. The molecule has 0 saturated heterocycles. The van der Waals surface area contributed by atoms with Crippen molar-refractivity contribution in [1.29, 1.82) is 0 Å². The van der Waals surface area contributed by atoms with Gasteiger partial charge in [-0.3, -0.25) is 0 Å². The fourth-order valence-electron chi connectivity index (χ4n) is 1.77. The Labute approximate surface area is 114 Å². The topological polar surface area (TPSA) is 12.0 Å². The number of nitrogens with one attached hydrogen (secondary N) is 1. The van der Waals surface area contributed by atoms with Crippen LogP contribution in [0.4, 0.5) is 0 Å².